The van der Waals surface area contributed by atoms with Crippen molar-refractivity contribution >= 4 is 31.8 Å². The molecule has 112 valence electrons. The van der Waals surface area contributed by atoms with Crippen molar-refractivity contribution in [3.05, 3.63) is 16.7 Å². The number of nitrogens with zero attached hydrogens (tertiary/aromatic N) is 2. The summed E-state index contributed by atoms with van der Waals surface area (Å²) in [6.07, 6.45) is 2.98. The molecule has 0 amide bonds. The summed E-state index contributed by atoms with van der Waals surface area (Å²) in [4.78, 5) is 4.05. The van der Waals surface area contributed by atoms with Gasteiger partial charge in [-0.25, -0.2) is 19.2 Å². The Balaban J connectivity index is 2.29. The minimum absolute atomic E-state index is 0.0743. The van der Waals surface area contributed by atoms with E-state index in [-0.39, 0.29) is 16.8 Å². The fraction of sp³-hybridized carbons (Fsp3) is 0.545. The molecule has 0 spiro atoms. The molecule has 0 atom stereocenters. The molecule has 1 fully saturated rings. The van der Waals surface area contributed by atoms with Crippen molar-refractivity contribution < 1.29 is 13.2 Å². The molecule has 0 aliphatic carbocycles. The predicted octanol–water partition coefficient (Wildman–Crippen LogP) is 0.929. The van der Waals surface area contributed by atoms with Gasteiger partial charge in [0.1, 0.15) is 4.90 Å². The van der Waals surface area contributed by atoms with Crippen LogP contribution < -0.4 is 11.3 Å². The average molecular weight is 365 g/mol. The third kappa shape index (κ3) is 3.12. The van der Waals surface area contributed by atoms with Gasteiger partial charge in [-0.2, -0.15) is 4.31 Å². The van der Waals surface area contributed by atoms with Crippen LogP contribution in [-0.2, 0) is 14.8 Å². The Labute approximate surface area is 126 Å². The first-order chi connectivity index (χ1) is 9.48. The van der Waals surface area contributed by atoms with Gasteiger partial charge in [0.25, 0.3) is 0 Å². The van der Waals surface area contributed by atoms with Crippen molar-refractivity contribution in [3.8, 4) is 0 Å². The fourth-order valence-corrected chi connectivity index (χ4v) is 4.26. The van der Waals surface area contributed by atoms with Crippen LogP contribution in [0, 0.1) is 0 Å². The molecule has 20 heavy (non-hydrogen) atoms. The van der Waals surface area contributed by atoms with E-state index in [9.17, 15) is 8.42 Å². The Kier molecular flexibility index (Phi) is 4.97. The summed E-state index contributed by atoms with van der Waals surface area (Å²) in [5.41, 5.74) is 2.33. The van der Waals surface area contributed by atoms with Crippen molar-refractivity contribution in [2.24, 2.45) is 5.84 Å². The van der Waals surface area contributed by atoms with Crippen LogP contribution in [0.3, 0.4) is 0 Å². The molecule has 9 heteroatoms. The number of nitrogens with one attached hydrogen (secondary N) is 1. The molecule has 0 bridgehead atoms. The first-order valence-corrected chi connectivity index (χ1v) is 8.37. The van der Waals surface area contributed by atoms with Crippen LogP contribution in [-0.4, -0.2) is 44.0 Å². The first kappa shape index (κ1) is 15.6. The lowest BCUT2D eigenvalue weighted by molar-refractivity contribution is 0.0604. The van der Waals surface area contributed by atoms with Gasteiger partial charge in [0, 0.05) is 30.9 Å². The Morgan fingerprint density at radius 1 is 1.50 bits per heavy atom. The van der Waals surface area contributed by atoms with Crippen LogP contribution in [0.25, 0.3) is 0 Å². The number of rotatable bonds is 4. The first-order valence-electron chi connectivity index (χ1n) is 6.14. The molecule has 7 nitrogen and oxygen atoms in total. The summed E-state index contributed by atoms with van der Waals surface area (Å²) in [5, 5.41) is 0. The molecule has 0 unspecified atom stereocenters. The van der Waals surface area contributed by atoms with Gasteiger partial charge >= 0.3 is 0 Å². The second-order valence-electron chi connectivity index (χ2n) is 4.48. The highest BCUT2D eigenvalue weighted by atomic mass is 79.9. The van der Waals surface area contributed by atoms with E-state index in [1.54, 1.807) is 7.11 Å². The van der Waals surface area contributed by atoms with Crippen LogP contribution in [0.1, 0.15) is 12.8 Å². The van der Waals surface area contributed by atoms with E-state index in [1.165, 1.54) is 16.6 Å². The lowest BCUT2D eigenvalue weighted by Crippen LogP contribution is -2.40. The minimum atomic E-state index is -3.62. The summed E-state index contributed by atoms with van der Waals surface area (Å²) in [7, 11) is -1.97. The van der Waals surface area contributed by atoms with Gasteiger partial charge in [-0.05, 0) is 34.8 Å². The van der Waals surface area contributed by atoms with Gasteiger partial charge < -0.3 is 10.2 Å². The van der Waals surface area contributed by atoms with Crippen molar-refractivity contribution in [1.82, 2.24) is 9.29 Å². The number of hydrogen-bond acceptors (Lipinski definition) is 6. The fourth-order valence-electron chi connectivity index (χ4n) is 2.17. The Hall–Kier alpha value is -0.740. The number of piperidine rings is 1. The number of sulfonamides is 1. The van der Waals surface area contributed by atoms with Gasteiger partial charge in [0.2, 0.25) is 10.0 Å². The number of nitrogen functional groups attached to an aromatic ring is 1. The number of halogens is 1. The maximum atomic E-state index is 12.6. The minimum Gasteiger partial charge on any atom is -0.381 e. The molecular formula is C11H17BrN4O3S. The van der Waals surface area contributed by atoms with E-state index in [4.69, 9.17) is 10.6 Å². The number of hydrazine groups is 1. The maximum Gasteiger partial charge on any atom is 0.246 e. The van der Waals surface area contributed by atoms with Crippen LogP contribution in [0.4, 0.5) is 5.82 Å². The van der Waals surface area contributed by atoms with E-state index in [1.807, 2.05) is 0 Å². The number of hydrogen-bond donors (Lipinski definition) is 2. The van der Waals surface area contributed by atoms with Crippen LogP contribution in [0.15, 0.2) is 21.6 Å². The quantitative estimate of drug-likeness (QED) is 0.609. The van der Waals surface area contributed by atoms with Gasteiger partial charge in [-0.1, -0.05) is 0 Å². The van der Waals surface area contributed by atoms with E-state index in [0.29, 0.717) is 30.4 Å². The summed E-state index contributed by atoms with van der Waals surface area (Å²) >= 11 is 3.23. The standard InChI is InChI=1S/C11H17BrN4O3S/c1-19-9-2-4-16(5-3-9)20(17,18)10-6-8(12)7-14-11(10)15-13/h6-7,9H,2-5,13H2,1H3,(H,14,15). The Bertz CT molecular complexity index is 573. The van der Waals surface area contributed by atoms with E-state index in [0.717, 1.165) is 0 Å². The third-order valence-corrected chi connectivity index (χ3v) is 5.65. The molecule has 3 N–H and O–H groups in total. The number of aromatic nitrogens is 1. The van der Waals surface area contributed by atoms with Crippen LogP contribution >= 0.6 is 15.9 Å². The number of ether oxygens (including phenoxy) is 1. The topological polar surface area (TPSA) is 97.5 Å². The molecule has 0 radical (unpaired) electrons. The number of anilines is 1. The Morgan fingerprint density at radius 3 is 2.70 bits per heavy atom. The summed E-state index contributed by atoms with van der Waals surface area (Å²) in [5.74, 6) is 5.48. The number of nitrogens with two attached hydrogens (primary N) is 1. The van der Waals surface area contributed by atoms with Crippen molar-refractivity contribution in [1.29, 1.82) is 0 Å². The van der Waals surface area contributed by atoms with Crippen molar-refractivity contribution in [2.75, 3.05) is 25.6 Å². The van der Waals surface area contributed by atoms with Gasteiger partial charge in [-0.3, -0.25) is 0 Å². The molecule has 1 aliphatic rings. The smallest absolute Gasteiger partial charge is 0.246 e. The highest BCUT2D eigenvalue weighted by Gasteiger charge is 2.31. The molecule has 0 aromatic carbocycles. The second kappa shape index (κ2) is 6.35. The van der Waals surface area contributed by atoms with Gasteiger partial charge in [-0.15, -0.1) is 0 Å². The largest absolute Gasteiger partial charge is 0.381 e. The molecule has 1 aromatic rings. The van der Waals surface area contributed by atoms with E-state index in [2.05, 4.69) is 26.3 Å². The predicted molar refractivity (Wildman–Crippen MR) is 78.5 cm³/mol. The lowest BCUT2D eigenvalue weighted by atomic mass is 10.1. The van der Waals surface area contributed by atoms with Gasteiger partial charge in [0.05, 0.1) is 6.10 Å². The Morgan fingerprint density at radius 2 is 2.15 bits per heavy atom. The second-order valence-corrected chi connectivity index (χ2v) is 7.31. The van der Waals surface area contributed by atoms with E-state index < -0.39 is 10.0 Å². The average Bonchev–Trinajstić information content (AvgIpc) is 2.47. The summed E-state index contributed by atoms with van der Waals surface area (Å²) in [6, 6.07) is 1.50. The zero-order chi connectivity index (χ0) is 14.8. The molecule has 2 rings (SSSR count). The molecule has 2 heterocycles. The molecule has 0 saturated carbocycles. The summed E-state index contributed by atoms with van der Waals surface area (Å²) in [6.45, 7) is 0.856. The lowest BCUT2D eigenvalue weighted by Gasteiger charge is -2.30. The highest BCUT2D eigenvalue weighted by molar-refractivity contribution is 9.10. The molecule has 1 aromatic heterocycles. The molecular weight excluding hydrogens is 348 g/mol. The van der Waals surface area contributed by atoms with E-state index >= 15 is 0 Å². The van der Waals surface area contributed by atoms with Crippen molar-refractivity contribution in [3.63, 3.8) is 0 Å². The number of pyridine rings is 1. The molecule has 1 saturated heterocycles. The van der Waals surface area contributed by atoms with Gasteiger partial charge in [0.15, 0.2) is 5.82 Å². The normalized spacial score (nSPS) is 18.1. The zero-order valence-corrected chi connectivity index (χ0v) is 13.4. The summed E-state index contributed by atoms with van der Waals surface area (Å²) < 4.78 is 32.6. The van der Waals surface area contributed by atoms with Crippen LogP contribution in [0.5, 0.6) is 0 Å². The third-order valence-electron chi connectivity index (χ3n) is 3.31. The zero-order valence-electron chi connectivity index (χ0n) is 11.0. The SMILES string of the molecule is COC1CCN(S(=O)(=O)c2cc(Br)cnc2NN)CC1. The highest BCUT2D eigenvalue weighted by Crippen LogP contribution is 2.27. The maximum absolute atomic E-state index is 12.6. The van der Waals surface area contributed by atoms with Crippen LogP contribution in [0.2, 0.25) is 0 Å². The van der Waals surface area contributed by atoms with Crippen molar-refractivity contribution in [2.45, 2.75) is 23.8 Å². The number of methoxy groups -OCH3 is 1. The monoisotopic (exact) mass is 364 g/mol. The molecule has 1 aliphatic heterocycles.